The van der Waals surface area contributed by atoms with Gasteiger partial charge < -0.3 is 15.0 Å². The molecule has 0 bridgehead atoms. The monoisotopic (exact) mass is 437 g/mol. The number of esters is 1. The zero-order valence-electron chi connectivity index (χ0n) is 17.3. The molecule has 3 aromatic rings. The number of likely N-dealkylation sites (tertiary alicyclic amines) is 1. The summed E-state index contributed by atoms with van der Waals surface area (Å²) in [6.45, 7) is 3.09. The molecule has 1 aliphatic rings. The highest BCUT2D eigenvalue weighted by atomic mass is 35.5. The Labute approximate surface area is 186 Å². The molecule has 2 aromatic carbocycles. The Morgan fingerprint density at radius 2 is 2.03 bits per heavy atom. The van der Waals surface area contributed by atoms with Crippen LogP contribution in [0.3, 0.4) is 0 Å². The summed E-state index contributed by atoms with van der Waals surface area (Å²) in [4.78, 5) is 31.6. The standard InChI is InChI=1S/C24H24ClN3O3/c1-2-31-23(29)17-8-6-12-28(15-17)24(30)27-22-14-21(16-7-5-9-18(25)13-16)26-20-11-4-3-10-19(20)22/h3-5,7,9-11,13-14,17H,2,6,8,12,15H2,1H3,(H,26,27,30)/t17-/m0/s1. The summed E-state index contributed by atoms with van der Waals surface area (Å²) in [5.41, 5.74) is 3.04. The topological polar surface area (TPSA) is 71.5 Å². The van der Waals surface area contributed by atoms with Crippen molar-refractivity contribution in [1.29, 1.82) is 0 Å². The van der Waals surface area contributed by atoms with Gasteiger partial charge in [0, 0.05) is 29.1 Å². The van der Waals surface area contributed by atoms with Gasteiger partial charge in [0.25, 0.3) is 0 Å². The first-order chi connectivity index (χ1) is 15.0. The zero-order valence-corrected chi connectivity index (χ0v) is 18.1. The molecule has 4 rings (SSSR count). The maximum Gasteiger partial charge on any atom is 0.321 e. The lowest BCUT2D eigenvalue weighted by Gasteiger charge is -2.31. The maximum atomic E-state index is 13.1. The van der Waals surface area contributed by atoms with E-state index in [1.165, 1.54) is 0 Å². The largest absolute Gasteiger partial charge is 0.466 e. The van der Waals surface area contributed by atoms with Crippen LogP contribution in [-0.2, 0) is 9.53 Å². The number of para-hydroxylation sites is 1. The molecule has 7 heteroatoms. The Hall–Kier alpha value is -3.12. The molecule has 0 unspecified atom stereocenters. The van der Waals surface area contributed by atoms with E-state index in [1.54, 1.807) is 11.8 Å². The third-order valence-corrected chi connectivity index (χ3v) is 5.64. The van der Waals surface area contributed by atoms with Crippen molar-refractivity contribution in [1.82, 2.24) is 9.88 Å². The number of aromatic nitrogens is 1. The highest BCUT2D eigenvalue weighted by Gasteiger charge is 2.29. The fourth-order valence-electron chi connectivity index (χ4n) is 3.88. The van der Waals surface area contributed by atoms with Gasteiger partial charge in [-0.1, -0.05) is 41.9 Å². The molecule has 0 aliphatic carbocycles. The van der Waals surface area contributed by atoms with Crippen LogP contribution >= 0.6 is 11.6 Å². The Morgan fingerprint density at radius 1 is 1.19 bits per heavy atom. The molecular formula is C24H24ClN3O3. The van der Waals surface area contributed by atoms with Crippen LogP contribution in [-0.4, -0.2) is 41.6 Å². The molecule has 1 aliphatic heterocycles. The van der Waals surface area contributed by atoms with E-state index in [1.807, 2.05) is 54.6 Å². The van der Waals surface area contributed by atoms with Gasteiger partial charge in [-0.15, -0.1) is 0 Å². The lowest BCUT2D eigenvalue weighted by Crippen LogP contribution is -2.44. The lowest BCUT2D eigenvalue weighted by molar-refractivity contribution is -0.149. The number of pyridine rings is 1. The van der Waals surface area contributed by atoms with E-state index in [2.05, 4.69) is 5.32 Å². The zero-order chi connectivity index (χ0) is 21.8. The number of carbonyl (C=O) groups is 2. The number of benzene rings is 2. The van der Waals surface area contributed by atoms with Gasteiger partial charge in [0.05, 0.1) is 29.4 Å². The summed E-state index contributed by atoms with van der Waals surface area (Å²) >= 11 is 6.16. The van der Waals surface area contributed by atoms with Crippen molar-refractivity contribution in [2.75, 3.05) is 25.0 Å². The third-order valence-electron chi connectivity index (χ3n) is 5.41. The van der Waals surface area contributed by atoms with Crippen LogP contribution < -0.4 is 5.32 Å². The van der Waals surface area contributed by atoms with Crippen molar-refractivity contribution in [2.24, 2.45) is 5.92 Å². The van der Waals surface area contributed by atoms with Crippen molar-refractivity contribution in [2.45, 2.75) is 19.8 Å². The number of nitrogens with one attached hydrogen (secondary N) is 1. The second kappa shape index (κ2) is 9.35. The number of amides is 2. The fourth-order valence-corrected chi connectivity index (χ4v) is 4.07. The van der Waals surface area contributed by atoms with E-state index in [4.69, 9.17) is 21.3 Å². The molecule has 0 radical (unpaired) electrons. The molecule has 0 spiro atoms. The number of anilines is 1. The van der Waals surface area contributed by atoms with Crippen molar-refractivity contribution in [3.63, 3.8) is 0 Å². The number of hydrogen-bond acceptors (Lipinski definition) is 4. The van der Waals surface area contributed by atoms with Gasteiger partial charge >= 0.3 is 12.0 Å². The minimum Gasteiger partial charge on any atom is -0.466 e. The first kappa shape index (κ1) is 21.1. The average molecular weight is 438 g/mol. The molecule has 1 aromatic heterocycles. The SMILES string of the molecule is CCOC(=O)[C@H]1CCCN(C(=O)Nc2cc(-c3cccc(Cl)c3)nc3ccccc23)C1. The van der Waals surface area contributed by atoms with Crippen LogP contribution in [0.25, 0.3) is 22.2 Å². The number of piperidine rings is 1. The molecule has 2 amide bonds. The molecule has 1 atom stereocenters. The molecule has 160 valence electrons. The van der Waals surface area contributed by atoms with Gasteiger partial charge in [-0.3, -0.25) is 4.79 Å². The molecule has 2 heterocycles. The van der Waals surface area contributed by atoms with Gasteiger partial charge in [-0.25, -0.2) is 9.78 Å². The number of halogens is 1. The predicted molar refractivity (Wildman–Crippen MR) is 122 cm³/mol. The fraction of sp³-hybridized carbons (Fsp3) is 0.292. The average Bonchev–Trinajstić information content (AvgIpc) is 2.79. The minimum absolute atomic E-state index is 0.234. The highest BCUT2D eigenvalue weighted by Crippen LogP contribution is 2.30. The van der Waals surface area contributed by atoms with Crippen LogP contribution in [0.15, 0.2) is 54.6 Å². The molecule has 1 saturated heterocycles. The summed E-state index contributed by atoms with van der Waals surface area (Å²) in [5, 5.41) is 4.50. The second-order valence-corrected chi connectivity index (χ2v) is 7.99. The smallest absolute Gasteiger partial charge is 0.321 e. The molecule has 0 saturated carbocycles. The quantitative estimate of drug-likeness (QED) is 0.557. The van der Waals surface area contributed by atoms with Gasteiger partial charge in [0.2, 0.25) is 0 Å². The maximum absolute atomic E-state index is 13.1. The van der Waals surface area contributed by atoms with E-state index in [-0.39, 0.29) is 17.9 Å². The molecule has 1 fully saturated rings. The number of rotatable bonds is 4. The van der Waals surface area contributed by atoms with Crippen molar-refractivity contribution in [3.8, 4) is 11.3 Å². The van der Waals surface area contributed by atoms with Crippen molar-refractivity contribution < 1.29 is 14.3 Å². The second-order valence-electron chi connectivity index (χ2n) is 7.55. The molecule has 6 nitrogen and oxygen atoms in total. The number of urea groups is 1. The Balaban J connectivity index is 1.61. The van der Waals surface area contributed by atoms with Crippen LogP contribution in [0.5, 0.6) is 0 Å². The van der Waals surface area contributed by atoms with Gasteiger partial charge in [0.1, 0.15) is 0 Å². The van der Waals surface area contributed by atoms with E-state index in [0.29, 0.717) is 30.4 Å². The Bertz CT molecular complexity index is 1120. The highest BCUT2D eigenvalue weighted by molar-refractivity contribution is 6.30. The number of nitrogens with zero attached hydrogens (tertiary/aromatic N) is 2. The molecular weight excluding hydrogens is 414 g/mol. The number of hydrogen-bond donors (Lipinski definition) is 1. The molecule has 31 heavy (non-hydrogen) atoms. The number of fused-ring (bicyclic) bond motifs is 1. The third kappa shape index (κ3) is 4.80. The summed E-state index contributed by atoms with van der Waals surface area (Å²) in [6, 6.07) is 16.8. The van der Waals surface area contributed by atoms with Crippen molar-refractivity contribution >= 4 is 40.2 Å². The van der Waals surface area contributed by atoms with Gasteiger partial charge in [-0.05, 0) is 44.0 Å². The normalized spacial score (nSPS) is 16.2. The number of carbonyl (C=O) groups excluding carboxylic acids is 2. The lowest BCUT2D eigenvalue weighted by atomic mass is 9.98. The van der Waals surface area contributed by atoms with Crippen LogP contribution in [0.4, 0.5) is 10.5 Å². The van der Waals surface area contributed by atoms with Crippen LogP contribution in [0.1, 0.15) is 19.8 Å². The molecule has 1 N–H and O–H groups in total. The van der Waals surface area contributed by atoms with Gasteiger partial charge in [0.15, 0.2) is 0 Å². The summed E-state index contributed by atoms with van der Waals surface area (Å²) < 4.78 is 5.14. The Kier molecular flexibility index (Phi) is 6.37. The summed E-state index contributed by atoms with van der Waals surface area (Å²) in [6.07, 6.45) is 1.50. The first-order valence-electron chi connectivity index (χ1n) is 10.4. The summed E-state index contributed by atoms with van der Waals surface area (Å²) in [5.74, 6) is -0.520. The van der Waals surface area contributed by atoms with E-state index >= 15 is 0 Å². The minimum atomic E-state index is -0.282. The van der Waals surface area contributed by atoms with Crippen LogP contribution in [0, 0.1) is 5.92 Å². The van der Waals surface area contributed by atoms with E-state index < -0.39 is 0 Å². The summed E-state index contributed by atoms with van der Waals surface area (Å²) in [7, 11) is 0. The van der Waals surface area contributed by atoms with Gasteiger partial charge in [-0.2, -0.15) is 0 Å². The number of ether oxygens (including phenoxy) is 1. The van der Waals surface area contributed by atoms with Crippen molar-refractivity contribution in [3.05, 3.63) is 59.6 Å². The van der Waals surface area contributed by atoms with E-state index in [9.17, 15) is 9.59 Å². The Morgan fingerprint density at radius 3 is 2.84 bits per heavy atom. The first-order valence-corrected chi connectivity index (χ1v) is 10.8. The predicted octanol–water partition coefficient (Wildman–Crippen LogP) is 5.36. The van der Waals surface area contributed by atoms with Crippen LogP contribution in [0.2, 0.25) is 5.02 Å². The van der Waals surface area contributed by atoms with E-state index in [0.717, 1.165) is 35.0 Å².